The molecule has 42 heavy (non-hydrogen) atoms. The van der Waals surface area contributed by atoms with Crippen LogP contribution in [0.4, 0.5) is 0 Å². The minimum absolute atomic E-state index is 0.756. The Labute approximate surface area is 285 Å². The van der Waals surface area contributed by atoms with Gasteiger partial charge in [-0.3, -0.25) is 0 Å². The summed E-state index contributed by atoms with van der Waals surface area (Å²) in [6.07, 6.45) is 0. The van der Waals surface area contributed by atoms with Crippen LogP contribution in [0.5, 0.6) is 0 Å². The largest absolute Gasteiger partial charge is 0.0843 e. The van der Waals surface area contributed by atoms with Crippen LogP contribution < -0.4 is 0 Å². The van der Waals surface area contributed by atoms with Crippen molar-refractivity contribution in [1.29, 1.82) is 0 Å². The molecule has 0 amide bonds. The van der Waals surface area contributed by atoms with E-state index in [-0.39, 0.29) is 0 Å². The molecule has 0 aliphatic rings. The molecule has 0 saturated carbocycles. The molecule has 8 aromatic carbocycles. The van der Waals surface area contributed by atoms with Crippen molar-refractivity contribution in [2.75, 3.05) is 0 Å². The Morgan fingerprint density at radius 1 is 0.333 bits per heavy atom. The summed E-state index contributed by atoms with van der Waals surface area (Å²) in [6.45, 7) is 0. The van der Waals surface area contributed by atoms with Gasteiger partial charge in [-0.1, -0.05) is 140 Å². The van der Waals surface area contributed by atoms with Gasteiger partial charge >= 0.3 is 0 Å². The van der Waals surface area contributed by atoms with Crippen molar-refractivity contribution < 1.29 is 0 Å². The van der Waals surface area contributed by atoms with Crippen LogP contribution >= 0.6 is 83.3 Å². The van der Waals surface area contributed by atoms with Crippen LogP contribution in [-0.2, 0) is 0 Å². The maximum Gasteiger partial charge on any atom is 0.0412 e. The lowest BCUT2D eigenvalue weighted by Crippen LogP contribution is -1.84. The zero-order valence-electron chi connectivity index (χ0n) is 21.8. The molecule has 0 heterocycles. The summed E-state index contributed by atoms with van der Waals surface area (Å²) in [5.74, 6) is 0. The molecule has 0 aliphatic heterocycles. The lowest BCUT2D eigenvalue weighted by atomic mass is 9.97. The molecule has 0 aliphatic carbocycles. The van der Waals surface area contributed by atoms with Crippen LogP contribution in [0.15, 0.2) is 130 Å². The first-order chi connectivity index (χ1) is 20.5. The highest BCUT2D eigenvalue weighted by molar-refractivity contribution is 9.93. The van der Waals surface area contributed by atoms with Crippen molar-refractivity contribution >= 4 is 148 Å². The minimum Gasteiger partial charge on any atom is -0.0843 e. The van der Waals surface area contributed by atoms with Gasteiger partial charge in [-0.2, -0.15) is 0 Å². The fourth-order valence-corrected chi connectivity index (χ4v) is 7.17. The lowest BCUT2D eigenvalue weighted by Gasteiger charge is -2.11. The topological polar surface area (TPSA) is 0 Å². The lowest BCUT2D eigenvalue weighted by molar-refractivity contribution is 1.73. The molecule has 0 atom stereocenters. The number of benzene rings is 8. The van der Waals surface area contributed by atoms with E-state index < -0.39 is 0 Å². The standard InChI is InChI=1S/C18H9Br2Cl.C18H11Cl.Br2/c19-17-9-16-14-7-10(21)5-6-13(14)18(20)8-15(16)11-3-1-2-4-12(11)17;19-14-8-5-13-7-9-16-15-4-2-1-3-12(15)6-10-17(16)18(13)11-14;1-2/h1-9H;1-11H;. The third kappa shape index (κ3) is 5.58. The molecule has 8 aromatic rings. The van der Waals surface area contributed by atoms with Crippen LogP contribution in [0.3, 0.4) is 0 Å². The van der Waals surface area contributed by atoms with Gasteiger partial charge in [0.05, 0.1) is 0 Å². The van der Waals surface area contributed by atoms with Crippen molar-refractivity contribution in [3.05, 3.63) is 140 Å². The first kappa shape index (κ1) is 29.9. The van der Waals surface area contributed by atoms with Gasteiger partial charge in [-0.05, 0) is 101 Å². The predicted octanol–water partition coefficient (Wildman–Crippen LogP) is 14.8. The fraction of sp³-hybridized carbons (Fsp3) is 0. The van der Waals surface area contributed by atoms with E-state index in [1.165, 1.54) is 64.6 Å². The normalized spacial score (nSPS) is 11.1. The molecule has 0 unspecified atom stereocenters. The highest BCUT2D eigenvalue weighted by Crippen LogP contribution is 2.39. The maximum atomic E-state index is 6.20. The second kappa shape index (κ2) is 12.8. The number of halogens is 6. The Morgan fingerprint density at radius 3 is 1.40 bits per heavy atom. The zero-order chi connectivity index (χ0) is 29.4. The summed E-state index contributed by atoms with van der Waals surface area (Å²) in [4.78, 5) is 0. The van der Waals surface area contributed by atoms with Gasteiger partial charge in [0.25, 0.3) is 0 Å². The van der Waals surface area contributed by atoms with Crippen molar-refractivity contribution in [3.63, 3.8) is 0 Å². The molecule has 0 N–H and O–H groups in total. The first-order valence-electron chi connectivity index (χ1n) is 13.0. The summed E-state index contributed by atoms with van der Waals surface area (Å²) >= 11 is 25.2. The second-order valence-corrected chi connectivity index (χ2v) is 12.4. The number of hydrogen-bond acceptors (Lipinski definition) is 0. The summed E-state index contributed by atoms with van der Waals surface area (Å²) < 4.78 is 2.20. The Bertz CT molecular complexity index is 2280. The summed E-state index contributed by atoms with van der Waals surface area (Å²) in [5.41, 5.74) is 0. The molecule has 0 spiro atoms. The van der Waals surface area contributed by atoms with Crippen LogP contribution in [-0.4, -0.2) is 0 Å². The first-order valence-corrected chi connectivity index (χ1v) is 19.1. The molecule has 8 rings (SSSR count). The van der Waals surface area contributed by atoms with E-state index in [1.54, 1.807) is 0 Å². The smallest absolute Gasteiger partial charge is 0.0412 e. The monoisotopic (exact) mass is 838 g/mol. The van der Waals surface area contributed by atoms with Gasteiger partial charge in [-0.25, -0.2) is 0 Å². The van der Waals surface area contributed by atoms with Gasteiger partial charge in [0, 0.05) is 47.2 Å². The van der Waals surface area contributed by atoms with Crippen LogP contribution in [0.1, 0.15) is 0 Å². The van der Waals surface area contributed by atoms with E-state index in [0.29, 0.717) is 0 Å². The Kier molecular flexibility index (Phi) is 9.12. The van der Waals surface area contributed by atoms with Crippen molar-refractivity contribution in [3.8, 4) is 0 Å². The molecule has 0 bridgehead atoms. The minimum atomic E-state index is 0.756. The van der Waals surface area contributed by atoms with Gasteiger partial charge in [0.15, 0.2) is 0 Å². The SMILES string of the molecule is BrBr.Clc1ccc2c(Br)cc3c4ccccc4c(Br)cc3c2c1.Clc1ccc2ccc3c4ccccc4ccc3c2c1. The molecule has 0 radical (unpaired) electrons. The number of rotatable bonds is 0. The van der Waals surface area contributed by atoms with E-state index in [1.807, 2.05) is 24.3 Å². The molecule has 0 fully saturated rings. The van der Waals surface area contributed by atoms with Gasteiger partial charge in [0.1, 0.15) is 0 Å². The molecule has 0 aromatic heterocycles. The van der Waals surface area contributed by atoms with Crippen molar-refractivity contribution in [2.24, 2.45) is 0 Å². The van der Waals surface area contributed by atoms with Gasteiger partial charge < -0.3 is 0 Å². The van der Waals surface area contributed by atoms with Crippen molar-refractivity contribution in [2.45, 2.75) is 0 Å². The molecule has 0 saturated heterocycles. The molecule has 206 valence electrons. The van der Waals surface area contributed by atoms with E-state index in [9.17, 15) is 0 Å². The zero-order valence-corrected chi connectivity index (χ0v) is 29.7. The van der Waals surface area contributed by atoms with Crippen LogP contribution in [0.25, 0.3) is 64.6 Å². The van der Waals surface area contributed by atoms with Crippen molar-refractivity contribution in [1.82, 2.24) is 0 Å². The molecule has 6 heteroatoms. The average molecular weight is 843 g/mol. The second-order valence-electron chi connectivity index (χ2n) is 9.86. The van der Waals surface area contributed by atoms with E-state index in [2.05, 4.69) is 157 Å². The average Bonchev–Trinajstić information content (AvgIpc) is 3.03. The van der Waals surface area contributed by atoms with Crippen LogP contribution in [0, 0.1) is 0 Å². The summed E-state index contributed by atoms with van der Waals surface area (Å²) in [7, 11) is 0. The summed E-state index contributed by atoms with van der Waals surface area (Å²) in [5, 5.41) is 16.3. The third-order valence-electron chi connectivity index (χ3n) is 7.54. The van der Waals surface area contributed by atoms with Gasteiger partial charge in [0.2, 0.25) is 0 Å². The number of hydrogen-bond donors (Lipinski definition) is 0. The molecule has 0 nitrogen and oxygen atoms in total. The Balaban J connectivity index is 0.000000143. The van der Waals surface area contributed by atoms with E-state index in [0.717, 1.165) is 19.0 Å². The van der Waals surface area contributed by atoms with Gasteiger partial charge in [-0.15, -0.1) is 0 Å². The van der Waals surface area contributed by atoms with E-state index >= 15 is 0 Å². The predicted molar refractivity (Wildman–Crippen MR) is 201 cm³/mol. The number of fused-ring (bicyclic) bond motifs is 10. The molecular weight excluding hydrogens is 823 g/mol. The summed E-state index contributed by atoms with van der Waals surface area (Å²) in [6, 6.07) is 42.1. The maximum absolute atomic E-state index is 6.20. The highest BCUT2D eigenvalue weighted by atomic mass is 80.9. The Morgan fingerprint density at radius 2 is 0.714 bits per heavy atom. The van der Waals surface area contributed by atoms with E-state index in [4.69, 9.17) is 23.2 Å². The third-order valence-corrected chi connectivity index (χ3v) is 9.32. The fourth-order valence-electron chi connectivity index (χ4n) is 5.67. The highest BCUT2D eigenvalue weighted by Gasteiger charge is 2.11. The Hall–Kier alpha value is -2.18. The van der Waals surface area contributed by atoms with Crippen LogP contribution in [0.2, 0.25) is 10.0 Å². The molecular formula is C36H20Br4Cl2. The quantitative estimate of drug-likeness (QED) is 0.133.